The SMILES string of the molecule is CC[C@H]1CN(C(=O)CCC(=O)c2ccc3c(c2)CCCC3)CCN1C[C@H](C)O. The first-order valence-corrected chi connectivity index (χ1v) is 10.8. The second-order valence-corrected chi connectivity index (χ2v) is 8.36. The van der Waals surface area contributed by atoms with Crippen LogP contribution in [0.3, 0.4) is 0 Å². The maximum absolute atomic E-state index is 12.7. The number of carbonyl (C=O) groups excluding carboxylic acids is 2. The molecular weight excluding hydrogens is 352 g/mol. The van der Waals surface area contributed by atoms with Gasteiger partial charge in [-0.3, -0.25) is 14.5 Å². The molecule has 1 aromatic rings. The first-order chi connectivity index (χ1) is 13.5. The monoisotopic (exact) mass is 386 g/mol. The van der Waals surface area contributed by atoms with E-state index in [1.807, 2.05) is 17.0 Å². The smallest absolute Gasteiger partial charge is 0.223 e. The third-order valence-corrected chi connectivity index (χ3v) is 6.16. The molecule has 2 aliphatic rings. The zero-order chi connectivity index (χ0) is 20.1. The molecule has 0 bridgehead atoms. The van der Waals surface area contributed by atoms with E-state index in [0.29, 0.717) is 19.6 Å². The van der Waals surface area contributed by atoms with Crippen molar-refractivity contribution < 1.29 is 14.7 Å². The van der Waals surface area contributed by atoms with Gasteiger partial charge in [0.15, 0.2) is 5.78 Å². The van der Waals surface area contributed by atoms with Crippen LogP contribution in [0.25, 0.3) is 0 Å². The molecule has 1 aliphatic carbocycles. The van der Waals surface area contributed by atoms with Crippen LogP contribution in [0.5, 0.6) is 0 Å². The number of fused-ring (bicyclic) bond motifs is 1. The number of hydrogen-bond donors (Lipinski definition) is 1. The van der Waals surface area contributed by atoms with Crippen LogP contribution in [-0.2, 0) is 17.6 Å². The highest BCUT2D eigenvalue weighted by atomic mass is 16.3. The van der Waals surface area contributed by atoms with Crippen LogP contribution in [0.15, 0.2) is 18.2 Å². The van der Waals surface area contributed by atoms with E-state index in [2.05, 4.69) is 17.9 Å². The molecule has 1 amide bonds. The summed E-state index contributed by atoms with van der Waals surface area (Å²) in [6, 6.07) is 6.35. The Kier molecular flexibility index (Phi) is 7.24. The highest BCUT2D eigenvalue weighted by Gasteiger charge is 2.29. The number of piperazine rings is 1. The fraction of sp³-hybridized carbons (Fsp3) is 0.652. The summed E-state index contributed by atoms with van der Waals surface area (Å²) in [5.74, 6) is 0.142. The van der Waals surface area contributed by atoms with Gasteiger partial charge >= 0.3 is 0 Å². The molecule has 1 aromatic carbocycles. The summed E-state index contributed by atoms with van der Waals surface area (Å²) in [6.07, 6.45) is 5.76. The lowest BCUT2D eigenvalue weighted by Crippen LogP contribution is -2.55. The van der Waals surface area contributed by atoms with Gasteiger partial charge in [-0.05, 0) is 56.2 Å². The second-order valence-electron chi connectivity index (χ2n) is 8.36. The molecule has 1 aliphatic heterocycles. The Balaban J connectivity index is 1.52. The van der Waals surface area contributed by atoms with Gasteiger partial charge in [0.2, 0.25) is 5.91 Å². The topological polar surface area (TPSA) is 60.9 Å². The van der Waals surface area contributed by atoms with Crippen molar-refractivity contribution >= 4 is 11.7 Å². The molecule has 1 fully saturated rings. The minimum absolute atomic E-state index is 0.0708. The molecule has 0 radical (unpaired) electrons. The average Bonchev–Trinajstić information content (AvgIpc) is 2.71. The Hall–Kier alpha value is -1.72. The van der Waals surface area contributed by atoms with Crippen molar-refractivity contribution in [2.24, 2.45) is 0 Å². The molecule has 1 heterocycles. The molecule has 154 valence electrons. The second kappa shape index (κ2) is 9.66. The van der Waals surface area contributed by atoms with Crippen molar-refractivity contribution in [2.45, 2.75) is 70.9 Å². The Bertz CT molecular complexity index is 701. The lowest BCUT2D eigenvalue weighted by atomic mass is 9.89. The normalized spacial score (nSPS) is 21.2. The van der Waals surface area contributed by atoms with Crippen LogP contribution in [0, 0.1) is 0 Å². The molecule has 1 saturated heterocycles. The number of hydrogen-bond acceptors (Lipinski definition) is 4. The quantitative estimate of drug-likeness (QED) is 0.732. The lowest BCUT2D eigenvalue weighted by Gasteiger charge is -2.41. The van der Waals surface area contributed by atoms with Crippen LogP contribution in [-0.4, -0.2) is 64.9 Å². The Labute approximate surface area is 168 Å². The Morgan fingerprint density at radius 2 is 1.89 bits per heavy atom. The zero-order valence-corrected chi connectivity index (χ0v) is 17.3. The number of ketones is 1. The average molecular weight is 387 g/mol. The van der Waals surface area contributed by atoms with Crippen molar-refractivity contribution in [3.63, 3.8) is 0 Å². The van der Waals surface area contributed by atoms with E-state index in [-0.39, 0.29) is 36.7 Å². The van der Waals surface area contributed by atoms with Gasteiger partial charge in [0.1, 0.15) is 0 Å². The first kappa shape index (κ1) is 21.0. The van der Waals surface area contributed by atoms with Crippen molar-refractivity contribution in [3.05, 3.63) is 34.9 Å². The summed E-state index contributed by atoms with van der Waals surface area (Å²) in [5.41, 5.74) is 3.43. The molecule has 5 nitrogen and oxygen atoms in total. The maximum Gasteiger partial charge on any atom is 0.223 e. The van der Waals surface area contributed by atoms with Gasteiger partial charge in [-0.1, -0.05) is 19.1 Å². The number of aliphatic hydroxyl groups excluding tert-OH is 1. The number of benzene rings is 1. The fourth-order valence-corrected chi connectivity index (χ4v) is 4.52. The predicted octanol–water partition coefficient (Wildman–Crippen LogP) is 2.83. The molecule has 3 rings (SSSR count). The van der Waals surface area contributed by atoms with E-state index in [0.717, 1.165) is 31.4 Å². The van der Waals surface area contributed by atoms with Gasteiger partial charge < -0.3 is 10.0 Å². The van der Waals surface area contributed by atoms with Crippen LogP contribution in [0.2, 0.25) is 0 Å². The molecule has 0 saturated carbocycles. The molecule has 0 spiro atoms. The Morgan fingerprint density at radius 1 is 1.14 bits per heavy atom. The molecule has 1 N–H and O–H groups in total. The van der Waals surface area contributed by atoms with Gasteiger partial charge in [0, 0.05) is 50.6 Å². The van der Waals surface area contributed by atoms with E-state index < -0.39 is 0 Å². The van der Waals surface area contributed by atoms with Crippen LogP contribution in [0.1, 0.15) is 67.4 Å². The highest BCUT2D eigenvalue weighted by Crippen LogP contribution is 2.23. The first-order valence-electron chi connectivity index (χ1n) is 10.8. The largest absolute Gasteiger partial charge is 0.392 e. The summed E-state index contributed by atoms with van der Waals surface area (Å²) >= 11 is 0. The number of Topliss-reactive ketones (excluding diaryl/α,β-unsaturated/α-hetero) is 1. The zero-order valence-electron chi connectivity index (χ0n) is 17.3. The molecule has 28 heavy (non-hydrogen) atoms. The standard InChI is InChI=1S/C23H34N2O3/c1-3-21-16-25(13-12-24(21)15-17(2)26)23(28)11-10-22(27)20-9-8-18-6-4-5-7-19(18)14-20/h8-9,14,17,21,26H,3-7,10-13,15-16H2,1-2H3/t17-,21-/m0/s1. The summed E-state index contributed by atoms with van der Waals surface area (Å²) in [4.78, 5) is 29.4. The van der Waals surface area contributed by atoms with E-state index in [1.54, 1.807) is 6.92 Å². The lowest BCUT2D eigenvalue weighted by molar-refractivity contribution is -0.134. The molecule has 0 aromatic heterocycles. The number of β-amino-alcohol motifs (C(OH)–C–C–N with tert-alkyl or cyclic N) is 1. The van der Waals surface area contributed by atoms with E-state index >= 15 is 0 Å². The summed E-state index contributed by atoms with van der Waals surface area (Å²) in [5, 5.41) is 9.66. The molecule has 2 atom stereocenters. The number of nitrogens with zero attached hydrogens (tertiary/aromatic N) is 2. The van der Waals surface area contributed by atoms with Gasteiger partial charge in [-0.2, -0.15) is 0 Å². The molecule has 0 unspecified atom stereocenters. The van der Waals surface area contributed by atoms with E-state index in [9.17, 15) is 14.7 Å². The third-order valence-electron chi connectivity index (χ3n) is 6.16. The van der Waals surface area contributed by atoms with Crippen molar-refractivity contribution in [3.8, 4) is 0 Å². The van der Waals surface area contributed by atoms with Gasteiger partial charge in [-0.15, -0.1) is 0 Å². The number of rotatable bonds is 7. The van der Waals surface area contributed by atoms with E-state index in [4.69, 9.17) is 0 Å². The highest BCUT2D eigenvalue weighted by molar-refractivity contribution is 5.98. The van der Waals surface area contributed by atoms with E-state index in [1.165, 1.54) is 24.0 Å². The fourth-order valence-electron chi connectivity index (χ4n) is 4.52. The van der Waals surface area contributed by atoms with Crippen molar-refractivity contribution in [1.29, 1.82) is 0 Å². The van der Waals surface area contributed by atoms with Gasteiger partial charge in [0.25, 0.3) is 0 Å². The number of carbonyl (C=O) groups is 2. The van der Waals surface area contributed by atoms with Crippen molar-refractivity contribution in [1.82, 2.24) is 9.80 Å². The number of amides is 1. The van der Waals surface area contributed by atoms with Crippen LogP contribution >= 0.6 is 0 Å². The predicted molar refractivity (Wildman–Crippen MR) is 111 cm³/mol. The third kappa shape index (κ3) is 5.21. The minimum atomic E-state index is -0.356. The van der Waals surface area contributed by atoms with Crippen LogP contribution in [0.4, 0.5) is 0 Å². The maximum atomic E-state index is 12.7. The summed E-state index contributed by atoms with van der Waals surface area (Å²) in [6.45, 7) is 6.72. The molecule has 5 heteroatoms. The minimum Gasteiger partial charge on any atom is -0.392 e. The van der Waals surface area contributed by atoms with Crippen LogP contribution < -0.4 is 0 Å². The van der Waals surface area contributed by atoms with Gasteiger partial charge in [-0.25, -0.2) is 0 Å². The Morgan fingerprint density at radius 3 is 2.61 bits per heavy atom. The number of aryl methyl sites for hydroxylation is 2. The van der Waals surface area contributed by atoms with Crippen molar-refractivity contribution in [2.75, 3.05) is 26.2 Å². The van der Waals surface area contributed by atoms with Gasteiger partial charge in [0.05, 0.1) is 6.10 Å². The summed E-state index contributed by atoms with van der Waals surface area (Å²) in [7, 11) is 0. The molecular formula is C23H34N2O3. The number of aliphatic hydroxyl groups is 1. The summed E-state index contributed by atoms with van der Waals surface area (Å²) < 4.78 is 0.